The van der Waals surface area contributed by atoms with E-state index >= 15 is 0 Å². The summed E-state index contributed by atoms with van der Waals surface area (Å²) in [7, 11) is 0. The predicted molar refractivity (Wildman–Crippen MR) is 115 cm³/mol. The van der Waals surface area contributed by atoms with E-state index in [2.05, 4.69) is 15.2 Å². The summed E-state index contributed by atoms with van der Waals surface area (Å²) in [5, 5.41) is 11.9. The lowest BCUT2D eigenvalue weighted by Gasteiger charge is -2.57. The van der Waals surface area contributed by atoms with Crippen LogP contribution in [0.1, 0.15) is 37.8 Å². The molecule has 1 spiro atoms. The highest BCUT2D eigenvalue weighted by atomic mass is 19.4. The molecule has 0 unspecified atom stereocenters. The number of nitrogens with zero attached hydrogens (tertiary/aromatic N) is 2. The van der Waals surface area contributed by atoms with E-state index in [1.165, 1.54) is 6.20 Å². The SMILES string of the molecule is CC(C)N/C(=C\C(=N)c1cnc(N)c(C(F)(F)F)c1)[C@H]1[C@@H]2C[C@@H](N3CC4(COC4)C3)C[C@@H]21. The Bertz CT molecular complexity index is 935. The number of nitrogens with two attached hydrogens (primary N) is 1. The van der Waals surface area contributed by atoms with Crippen LogP contribution in [-0.2, 0) is 10.9 Å². The summed E-state index contributed by atoms with van der Waals surface area (Å²) in [4.78, 5) is 6.26. The second-order valence-corrected chi connectivity index (χ2v) is 10.3. The van der Waals surface area contributed by atoms with Gasteiger partial charge in [-0.05, 0) is 50.7 Å². The lowest BCUT2D eigenvalue weighted by atomic mass is 9.76. The Morgan fingerprint density at radius 3 is 2.50 bits per heavy atom. The number of hydrogen-bond acceptors (Lipinski definition) is 6. The predicted octanol–water partition coefficient (Wildman–Crippen LogP) is 3.29. The minimum Gasteiger partial charge on any atom is -0.386 e. The van der Waals surface area contributed by atoms with Gasteiger partial charge in [0.05, 0.1) is 24.5 Å². The van der Waals surface area contributed by atoms with Gasteiger partial charge >= 0.3 is 6.18 Å². The van der Waals surface area contributed by atoms with Gasteiger partial charge in [0, 0.05) is 54.0 Å². The molecule has 4 aliphatic rings. The normalized spacial score (nSPS) is 31.2. The summed E-state index contributed by atoms with van der Waals surface area (Å²) >= 11 is 0. The highest BCUT2D eigenvalue weighted by Gasteiger charge is 2.61. The zero-order valence-electron chi connectivity index (χ0n) is 18.4. The van der Waals surface area contributed by atoms with Crippen LogP contribution in [0.15, 0.2) is 24.0 Å². The van der Waals surface area contributed by atoms with E-state index in [0.29, 0.717) is 29.2 Å². The smallest absolute Gasteiger partial charge is 0.386 e. The molecule has 1 aromatic rings. The first-order valence-corrected chi connectivity index (χ1v) is 11.3. The molecular weight excluding hydrogens is 419 g/mol. The number of allylic oxidation sites excluding steroid dienone is 2. The molecule has 2 saturated carbocycles. The van der Waals surface area contributed by atoms with Crippen LogP contribution in [0.4, 0.5) is 19.0 Å². The van der Waals surface area contributed by atoms with Crippen molar-refractivity contribution in [2.75, 3.05) is 32.0 Å². The first-order valence-electron chi connectivity index (χ1n) is 11.3. The summed E-state index contributed by atoms with van der Waals surface area (Å²) in [5.74, 6) is 0.937. The van der Waals surface area contributed by atoms with Crippen LogP contribution in [0.25, 0.3) is 0 Å². The van der Waals surface area contributed by atoms with Gasteiger partial charge in [0.25, 0.3) is 0 Å². The van der Waals surface area contributed by atoms with Crippen molar-refractivity contribution in [3.63, 3.8) is 0 Å². The molecule has 2 saturated heterocycles. The van der Waals surface area contributed by atoms with Crippen molar-refractivity contribution in [1.29, 1.82) is 5.41 Å². The van der Waals surface area contributed by atoms with E-state index in [1.807, 2.05) is 13.8 Å². The van der Waals surface area contributed by atoms with Crippen LogP contribution in [-0.4, -0.2) is 54.0 Å². The molecule has 0 aromatic carbocycles. The van der Waals surface area contributed by atoms with E-state index in [0.717, 1.165) is 50.9 Å². The van der Waals surface area contributed by atoms with Crippen LogP contribution in [0.2, 0.25) is 0 Å². The average Bonchev–Trinajstić information content (AvgIpc) is 3.12. The van der Waals surface area contributed by atoms with Crippen LogP contribution in [0.3, 0.4) is 0 Å². The molecule has 0 radical (unpaired) electrons. The van der Waals surface area contributed by atoms with Crippen molar-refractivity contribution in [3.8, 4) is 0 Å². The van der Waals surface area contributed by atoms with Gasteiger partial charge in [-0.2, -0.15) is 13.2 Å². The number of anilines is 1. The molecule has 1 aromatic heterocycles. The highest BCUT2D eigenvalue weighted by molar-refractivity contribution is 6.07. The minimum absolute atomic E-state index is 0.0161. The van der Waals surface area contributed by atoms with Gasteiger partial charge in [-0.15, -0.1) is 0 Å². The van der Waals surface area contributed by atoms with Gasteiger partial charge in [0.15, 0.2) is 0 Å². The maximum Gasteiger partial charge on any atom is 0.419 e. The second kappa shape index (κ2) is 7.45. The fourth-order valence-corrected chi connectivity index (χ4v) is 5.87. The molecule has 0 amide bonds. The van der Waals surface area contributed by atoms with Gasteiger partial charge < -0.3 is 21.2 Å². The Morgan fingerprint density at radius 2 is 1.97 bits per heavy atom. The molecule has 9 heteroatoms. The summed E-state index contributed by atoms with van der Waals surface area (Å²) in [6, 6.07) is 1.72. The van der Waals surface area contributed by atoms with Gasteiger partial charge in [-0.3, -0.25) is 4.90 Å². The molecule has 6 nitrogen and oxygen atoms in total. The summed E-state index contributed by atoms with van der Waals surface area (Å²) in [6.45, 7) is 8.15. The lowest BCUT2D eigenvalue weighted by molar-refractivity contribution is -0.198. The molecule has 174 valence electrons. The van der Waals surface area contributed by atoms with E-state index in [-0.39, 0.29) is 17.3 Å². The number of nitrogen functional groups attached to an aromatic ring is 1. The molecule has 3 heterocycles. The zero-order valence-corrected chi connectivity index (χ0v) is 18.4. The maximum absolute atomic E-state index is 13.2. The van der Waals surface area contributed by atoms with Gasteiger partial charge in [0.1, 0.15) is 5.82 Å². The van der Waals surface area contributed by atoms with Crippen molar-refractivity contribution in [2.45, 2.75) is 44.9 Å². The number of halogens is 3. The van der Waals surface area contributed by atoms with Gasteiger partial charge in [-0.25, -0.2) is 4.98 Å². The van der Waals surface area contributed by atoms with Crippen molar-refractivity contribution in [3.05, 3.63) is 35.2 Å². The first kappa shape index (κ1) is 21.7. The Labute approximate surface area is 185 Å². The van der Waals surface area contributed by atoms with Crippen LogP contribution < -0.4 is 11.1 Å². The van der Waals surface area contributed by atoms with E-state index in [9.17, 15) is 13.2 Å². The lowest BCUT2D eigenvalue weighted by Crippen LogP contribution is -2.67. The number of fused-ring (bicyclic) bond motifs is 1. The van der Waals surface area contributed by atoms with Crippen LogP contribution in [0, 0.1) is 28.6 Å². The topological polar surface area (TPSA) is 87.3 Å². The summed E-state index contributed by atoms with van der Waals surface area (Å²) in [6.07, 6.45) is 0.635. The minimum atomic E-state index is -4.60. The standard InChI is InChI=1S/C23H30F3N5O/c1-12(2)30-19(6-18(27)13-3-17(23(24,25)26)21(28)29-7-13)20-15-4-14(5-16(15)20)31-8-22(9-31)10-32-11-22/h3,6-7,12,14-16,20,27,30H,4-5,8-11H2,1-2H3,(H2,28,29)/b19-6-,27-18?/t14-,15-,16+,20+. The largest absolute Gasteiger partial charge is 0.419 e. The number of likely N-dealkylation sites (tertiary alicyclic amines) is 1. The van der Waals surface area contributed by atoms with Crippen molar-refractivity contribution >= 4 is 11.5 Å². The fourth-order valence-electron chi connectivity index (χ4n) is 5.87. The van der Waals surface area contributed by atoms with E-state index < -0.39 is 17.6 Å². The maximum atomic E-state index is 13.2. The summed E-state index contributed by atoms with van der Waals surface area (Å²) < 4.78 is 45.0. The average molecular weight is 450 g/mol. The van der Waals surface area contributed by atoms with E-state index in [1.54, 1.807) is 6.08 Å². The first-order chi connectivity index (χ1) is 15.1. The third-order valence-corrected chi connectivity index (χ3v) is 7.48. The quantitative estimate of drug-likeness (QED) is 0.580. The van der Waals surface area contributed by atoms with E-state index in [4.69, 9.17) is 15.9 Å². The van der Waals surface area contributed by atoms with Crippen molar-refractivity contribution in [2.24, 2.45) is 23.2 Å². The number of nitrogens with one attached hydrogen (secondary N) is 2. The Hall–Kier alpha value is -2.13. The van der Waals surface area contributed by atoms with Crippen molar-refractivity contribution < 1.29 is 17.9 Å². The Balaban J connectivity index is 1.27. The second-order valence-electron chi connectivity index (χ2n) is 10.3. The molecule has 32 heavy (non-hydrogen) atoms. The molecule has 4 N–H and O–H groups in total. The number of hydrogen-bond donors (Lipinski definition) is 3. The Morgan fingerprint density at radius 1 is 1.31 bits per heavy atom. The molecule has 2 aliphatic heterocycles. The van der Waals surface area contributed by atoms with Crippen LogP contribution >= 0.6 is 0 Å². The van der Waals surface area contributed by atoms with Gasteiger partial charge in [0.2, 0.25) is 0 Å². The number of aromatic nitrogens is 1. The summed E-state index contributed by atoms with van der Waals surface area (Å²) in [5.41, 5.74) is 5.92. The molecule has 0 bridgehead atoms. The fraction of sp³-hybridized carbons (Fsp3) is 0.652. The monoisotopic (exact) mass is 449 g/mol. The molecule has 2 aliphatic carbocycles. The molecule has 5 rings (SSSR count). The molecule has 4 atom stereocenters. The Kier molecular flexibility index (Phi) is 5.05. The third-order valence-electron chi connectivity index (χ3n) is 7.48. The number of alkyl halides is 3. The number of ether oxygens (including phenoxy) is 1. The molecular formula is C23H30F3N5O. The van der Waals surface area contributed by atoms with Crippen LogP contribution in [0.5, 0.6) is 0 Å². The number of rotatable bonds is 6. The molecule has 4 fully saturated rings. The highest BCUT2D eigenvalue weighted by Crippen LogP contribution is 2.62. The van der Waals surface area contributed by atoms with Crippen molar-refractivity contribution in [1.82, 2.24) is 15.2 Å². The third kappa shape index (κ3) is 3.79. The zero-order chi connectivity index (χ0) is 22.8. The van der Waals surface area contributed by atoms with Gasteiger partial charge in [-0.1, -0.05) is 0 Å². The number of pyridine rings is 1.